The third kappa shape index (κ3) is 2.48. The van der Waals surface area contributed by atoms with E-state index in [0.29, 0.717) is 10.9 Å². The van der Waals surface area contributed by atoms with E-state index in [4.69, 9.17) is 0 Å². The lowest BCUT2D eigenvalue weighted by atomic mass is 10.1. The van der Waals surface area contributed by atoms with Crippen molar-refractivity contribution in [2.24, 2.45) is 0 Å². The number of ketones is 1. The van der Waals surface area contributed by atoms with Gasteiger partial charge in [0.2, 0.25) is 0 Å². The molecule has 2 heterocycles. The van der Waals surface area contributed by atoms with Crippen molar-refractivity contribution in [2.75, 3.05) is 0 Å². The fourth-order valence-electron chi connectivity index (χ4n) is 2.41. The molecule has 0 aliphatic heterocycles. The Morgan fingerprint density at radius 3 is 2.73 bits per heavy atom. The summed E-state index contributed by atoms with van der Waals surface area (Å²) in [4.78, 5) is 31.3. The Morgan fingerprint density at radius 2 is 2.05 bits per heavy atom. The fraction of sp³-hybridized carbons (Fsp3) is 0.235. The van der Waals surface area contributed by atoms with Gasteiger partial charge in [0.05, 0.1) is 17.8 Å². The first-order valence-electron chi connectivity index (χ1n) is 7.20. The molecule has 0 fully saturated rings. The zero-order valence-corrected chi connectivity index (χ0v) is 13.3. The first-order chi connectivity index (χ1) is 10.6. The molecule has 0 saturated carbocycles. The third-order valence-electron chi connectivity index (χ3n) is 3.73. The Hall–Kier alpha value is -2.27. The van der Waals surface area contributed by atoms with E-state index in [0.717, 1.165) is 16.1 Å². The second-order valence-corrected chi connectivity index (χ2v) is 6.26. The molecule has 4 nitrogen and oxygen atoms in total. The summed E-state index contributed by atoms with van der Waals surface area (Å²) in [5.41, 5.74) is 0.444. The summed E-state index contributed by atoms with van der Waals surface area (Å²) < 4.78 is 1.42. The average molecular weight is 312 g/mol. The van der Waals surface area contributed by atoms with E-state index < -0.39 is 6.04 Å². The van der Waals surface area contributed by atoms with Gasteiger partial charge >= 0.3 is 0 Å². The van der Waals surface area contributed by atoms with Crippen molar-refractivity contribution in [1.82, 2.24) is 9.55 Å². The molecule has 3 aromatic rings. The summed E-state index contributed by atoms with van der Waals surface area (Å²) in [6, 6.07) is 10.3. The number of Topliss-reactive ketones (excluding diaryl/α,β-unsaturated/α-hetero) is 1. The summed E-state index contributed by atoms with van der Waals surface area (Å²) >= 11 is 1.53. The predicted molar refractivity (Wildman–Crippen MR) is 88.7 cm³/mol. The lowest BCUT2D eigenvalue weighted by Crippen LogP contribution is -2.28. The zero-order chi connectivity index (χ0) is 15.7. The van der Waals surface area contributed by atoms with Crippen LogP contribution in [0.1, 0.15) is 35.1 Å². The minimum absolute atomic E-state index is 0.0882. The van der Waals surface area contributed by atoms with E-state index in [-0.39, 0.29) is 11.3 Å². The number of fused-ring (bicyclic) bond motifs is 1. The van der Waals surface area contributed by atoms with Crippen LogP contribution in [0.2, 0.25) is 0 Å². The van der Waals surface area contributed by atoms with E-state index in [9.17, 15) is 9.59 Å². The van der Waals surface area contributed by atoms with Gasteiger partial charge in [-0.25, -0.2) is 4.98 Å². The molecule has 0 aliphatic rings. The van der Waals surface area contributed by atoms with Crippen LogP contribution in [0.15, 0.2) is 47.5 Å². The summed E-state index contributed by atoms with van der Waals surface area (Å²) in [7, 11) is 0. The van der Waals surface area contributed by atoms with Gasteiger partial charge < -0.3 is 0 Å². The molecule has 0 amide bonds. The van der Waals surface area contributed by atoms with Crippen molar-refractivity contribution in [3.05, 3.63) is 63.5 Å². The van der Waals surface area contributed by atoms with E-state index >= 15 is 0 Å². The number of carbonyl (C=O) groups excluding carboxylic acids is 1. The molecule has 0 unspecified atom stereocenters. The number of benzene rings is 1. The Morgan fingerprint density at radius 1 is 1.32 bits per heavy atom. The Balaban J connectivity index is 2.04. The maximum atomic E-state index is 12.6. The van der Waals surface area contributed by atoms with E-state index in [1.807, 2.05) is 31.2 Å². The molecule has 112 valence electrons. The molecule has 3 rings (SSSR count). The molecule has 1 aromatic carbocycles. The van der Waals surface area contributed by atoms with Crippen molar-refractivity contribution in [1.29, 1.82) is 0 Å². The molecule has 22 heavy (non-hydrogen) atoms. The number of hydrogen-bond acceptors (Lipinski definition) is 4. The number of aromatic nitrogens is 2. The number of carbonyl (C=O) groups is 1. The Kier molecular flexibility index (Phi) is 3.90. The van der Waals surface area contributed by atoms with Crippen LogP contribution in [0.25, 0.3) is 10.2 Å². The number of rotatable bonds is 4. The lowest BCUT2D eigenvalue weighted by molar-refractivity contribution is 0.0932. The van der Waals surface area contributed by atoms with Gasteiger partial charge in [-0.2, -0.15) is 0 Å². The van der Waals surface area contributed by atoms with Gasteiger partial charge in [-0.3, -0.25) is 14.2 Å². The first kappa shape index (κ1) is 14.7. The van der Waals surface area contributed by atoms with Gasteiger partial charge in [0.25, 0.3) is 5.56 Å². The van der Waals surface area contributed by atoms with Gasteiger partial charge in [-0.05, 0) is 19.4 Å². The topological polar surface area (TPSA) is 52.0 Å². The quantitative estimate of drug-likeness (QED) is 0.693. The first-order valence-corrected chi connectivity index (χ1v) is 8.02. The summed E-state index contributed by atoms with van der Waals surface area (Å²) in [5, 5.41) is 0.595. The average Bonchev–Trinajstić information content (AvgIpc) is 2.99. The smallest absolute Gasteiger partial charge is 0.262 e. The van der Waals surface area contributed by atoms with Crippen molar-refractivity contribution < 1.29 is 4.79 Å². The van der Waals surface area contributed by atoms with Crippen LogP contribution < -0.4 is 5.56 Å². The minimum Gasteiger partial charge on any atom is -0.292 e. The number of aryl methyl sites for hydroxylation is 1. The highest BCUT2D eigenvalue weighted by Crippen LogP contribution is 2.22. The van der Waals surface area contributed by atoms with Crippen molar-refractivity contribution in [2.45, 2.75) is 26.3 Å². The van der Waals surface area contributed by atoms with Crippen molar-refractivity contribution in [3.63, 3.8) is 0 Å². The Labute approximate surface area is 132 Å². The highest BCUT2D eigenvalue weighted by atomic mass is 32.1. The second kappa shape index (κ2) is 5.85. The highest BCUT2D eigenvalue weighted by Gasteiger charge is 2.19. The number of hydrogen-bond donors (Lipinski definition) is 0. The Bertz CT molecular complexity index is 881. The molecule has 0 N–H and O–H groups in total. The molecular weight excluding hydrogens is 296 g/mol. The molecule has 5 heteroatoms. The zero-order valence-electron chi connectivity index (χ0n) is 12.4. The van der Waals surface area contributed by atoms with Gasteiger partial charge in [-0.15, -0.1) is 11.3 Å². The maximum absolute atomic E-state index is 12.6. The molecule has 0 bridgehead atoms. The van der Waals surface area contributed by atoms with Crippen LogP contribution in [0.5, 0.6) is 0 Å². The van der Waals surface area contributed by atoms with Crippen LogP contribution in [0, 0.1) is 0 Å². The van der Waals surface area contributed by atoms with Crippen LogP contribution in [-0.4, -0.2) is 15.3 Å². The molecule has 0 saturated heterocycles. The number of thiophene rings is 1. The molecular formula is C17H16N2O2S. The van der Waals surface area contributed by atoms with Gasteiger partial charge in [-0.1, -0.05) is 37.3 Å². The van der Waals surface area contributed by atoms with E-state index in [1.54, 1.807) is 19.1 Å². The van der Waals surface area contributed by atoms with Crippen molar-refractivity contribution in [3.8, 4) is 0 Å². The lowest BCUT2D eigenvalue weighted by Gasteiger charge is -2.13. The maximum Gasteiger partial charge on any atom is 0.262 e. The van der Waals surface area contributed by atoms with E-state index in [2.05, 4.69) is 4.98 Å². The third-order valence-corrected chi connectivity index (χ3v) is 4.92. The summed E-state index contributed by atoms with van der Waals surface area (Å²) in [6.45, 7) is 3.78. The normalized spacial score (nSPS) is 12.5. The predicted octanol–water partition coefficient (Wildman–Crippen LogP) is 3.46. The second-order valence-electron chi connectivity index (χ2n) is 5.15. The van der Waals surface area contributed by atoms with Crippen LogP contribution in [0.3, 0.4) is 0 Å². The van der Waals surface area contributed by atoms with Crippen LogP contribution in [0.4, 0.5) is 0 Å². The standard InChI is InChI=1S/C17H16N2O2S/c1-3-13-9-14-16(22-13)18-10-19(17(14)21)11(2)15(20)12-7-5-4-6-8-12/h4-11H,3H2,1-2H3/t11-/m1/s1. The van der Waals surface area contributed by atoms with Gasteiger partial charge in [0.1, 0.15) is 4.83 Å². The van der Waals surface area contributed by atoms with Crippen LogP contribution >= 0.6 is 11.3 Å². The van der Waals surface area contributed by atoms with Crippen LogP contribution in [-0.2, 0) is 6.42 Å². The SMILES string of the molecule is CCc1cc2c(=O)n([C@H](C)C(=O)c3ccccc3)cnc2s1. The fourth-order valence-corrected chi connectivity index (χ4v) is 3.33. The molecule has 2 aromatic heterocycles. The highest BCUT2D eigenvalue weighted by molar-refractivity contribution is 7.18. The summed E-state index contributed by atoms with van der Waals surface area (Å²) in [6.07, 6.45) is 2.35. The summed E-state index contributed by atoms with van der Waals surface area (Å²) in [5.74, 6) is -0.0882. The molecule has 0 aliphatic carbocycles. The molecule has 0 radical (unpaired) electrons. The minimum atomic E-state index is -0.572. The van der Waals surface area contributed by atoms with Gasteiger partial charge in [0, 0.05) is 10.4 Å². The largest absolute Gasteiger partial charge is 0.292 e. The van der Waals surface area contributed by atoms with Gasteiger partial charge in [0.15, 0.2) is 5.78 Å². The van der Waals surface area contributed by atoms with E-state index in [1.165, 1.54) is 22.2 Å². The molecule has 1 atom stereocenters. The monoisotopic (exact) mass is 312 g/mol. The molecule has 0 spiro atoms. The van der Waals surface area contributed by atoms with Crippen molar-refractivity contribution >= 4 is 27.3 Å². The number of nitrogens with zero attached hydrogens (tertiary/aromatic N) is 2.